The lowest BCUT2D eigenvalue weighted by molar-refractivity contribution is 0.675. The van der Waals surface area contributed by atoms with Gasteiger partial charge in [-0.15, -0.1) is 0 Å². The average molecular weight is 238 g/mol. The van der Waals surface area contributed by atoms with Crippen LogP contribution in [-0.2, 0) is 0 Å². The Morgan fingerprint density at radius 1 is 0.444 bits per heavy atom. The van der Waals surface area contributed by atoms with E-state index < -0.39 is 0 Å². The van der Waals surface area contributed by atoms with Crippen LogP contribution in [0.3, 0.4) is 0 Å². The SMILES string of the molecule is C=C/C=C/C(/C=C/C=C)C(/C=C/C=C)/C=C/C=C. The first-order chi connectivity index (χ1) is 8.79. The van der Waals surface area contributed by atoms with Gasteiger partial charge in [0.1, 0.15) is 0 Å². The van der Waals surface area contributed by atoms with Gasteiger partial charge in [-0.1, -0.05) is 99.2 Å². The Morgan fingerprint density at radius 3 is 0.833 bits per heavy atom. The molecule has 0 aromatic rings. The van der Waals surface area contributed by atoms with Crippen LogP contribution in [0.4, 0.5) is 0 Å². The summed E-state index contributed by atoms with van der Waals surface area (Å²) < 4.78 is 0. The minimum absolute atomic E-state index is 0.258. The Balaban J connectivity index is 5.14. The standard InChI is InChI=1S/C18H22/c1-5-9-13-17(14-10-6-2)18(15-11-7-3)16-12-8-4/h5-18H,1-4H2/b13-9+,14-10+,15-11+,16-12+. The first-order valence-corrected chi connectivity index (χ1v) is 5.97. The molecular weight excluding hydrogens is 216 g/mol. The molecule has 0 nitrogen and oxygen atoms in total. The Labute approximate surface area is 111 Å². The Hall–Kier alpha value is -2.08. The van der Waals surface area contributed by atoms with E-state index in [1.807, 2.05) is 24.3 Å². The van der Waals surface area contributed by atoms with Crippen LogP contribution in [0.1, 0.15) is 0 Å². The molecule has 0 aliphatic rings. The fraction of sp³-hybridized carbons (Fsp3) is 0.111. The van der Waals surface area contributed by atoms with E-state index in [2.05, 4.69) is 50.6 Å². The molecule has 0 unspecified atom stereocenters. The molecule has 0 spiro atoms. The average Bonchev–Trinajstić information content (AvgIpc) is 2.40. The van der Waals surface area contributed by atoms with Crippen LogP contribution in [0.2, 0.25) is 0 Å². The minimum Gasteiger partial charge on any atom is -0.0991 e. The van der Waals surface area contributed by atoms with Crippen LogP contribution < -0.4 is 0 Å². The van der Waals surface area contributed by atoms with Crippen molar-refractivity contribution in [2.45, 2.75) is 0 Å². The van der Waals surface area contributed by atoms with Crippen molar-refractivity contribution in [3.8, 4) is 0 Å². The highest BCUT2D eigenvalue weighted by Gasteiger charge is 2.09. The van der Waals surface area contributed by atoms with Gasteiger partial charge in [0, 0.05) is 11.8 Å². The number of hydrogen-bond donors (Lipinski definition) is 0. The molecule has 94 valence electrons. The molecule has 0 aromatic heterocycles. The Kier molecular flexibility index (Phi) is 10.1. The summed E-state index contributed by atoms with van der Waals surface area (Å²) in [6.45, 7) is 14.8. The van der Waals surface area contributed by atoms with Crippen molar-refractivity contribution in [1.29, 1.82) is 0 Å². The summed E-state index contributed by atoms with van der Waals surface area (Å²) in [5.74, 6) is 0.516. The van der Waals surface area contributed by atoms with Gasteiger partial charge >= 0.3 is 0 Å². The summed E-state index contributed by atoms with van der Waals surface area (Å²) in [5, 5.41) is 0. The summed E-state index contributed by atoms with van der Waals surface area (Å²) in [5.41, 5.74) is 0. The van der Waals surface area contributed by atoms with Gasteiger partial charge in [0.05, 0.1) is 0 Å². The van der Waals surface area contributed by atoms with Crippen LogP contribution in [0, 0.1) is 11.8 Å². The minimum atomic E-state index is 0.258. The summed E-state index contributed by atoms with van der Waals surface area (Å²) in [7, 11) is 0. The van der Waals surface area contributed by atoms with E-state index in [4.69, 9.17) is 0 Å². The highest BCUT2D eigenvalue weighted by atomic mass is 14.1. The molecule has 0 saturated heterocycles. The van der Waals surface area contributed by atoms with Crippen molar-refractivity contribution < 1.29 is 0 Å². The molecule has 0 fully saturated rings. The second kappa shape index (κ2) is 11.4. The molecule has 0 heteroatoms. The second-order valence-corrected chi connectivity index (χ2v) is 3.64. The molecule has 0 heterocycles. The molecule has 0 aliphatic heterocycles. The van der Waals surface area contributed by atoms with E-state index in [9.17, 15) is 0 Å². The lowest BCUT2D eigenvalue weighted by atomic mass is 9.90. The second-order valence-electron chi connectivity index (χ2n) is 3.64. The van der Waals surface area contributed by atoms with Gasteiger partial charge in [0.2, 0.25) is 0 Å². The van der Waals surface area contributed by atoms with E-state index in [0.717, 1.165) is 0 Å². The third kappa shape index (κ3) is 7.24. The zero-order valence-corrected chi connectivity index (χ0v) is 10.9. The van der Waals surface area contributed by atoms with Crippen molar-refractivity contribution >= 4 is 0 Å². The van der Waals surface area contributed by atoms with Crippen LogP contribution in [0.15, 0.2) is 99.2 Å². The maximum atomic E-state index is 3.70. The van der Waals surface area contributed by atoms with Gasteiger partial charge < -0.3 is 0 Å². The van der Waals surface area contributed by atoms with Crippen molar-refractivity contribution in [2.75, 3.05) is 0 Å². The quantitative estimate of drug-likeness (QED) is 0.485. The predicted molar refractivity (Wildman–Crippen MR) is 84.3 cm³/mol. The summed E-state index contributed by atoms with van der Waals surface area (Å²) in [4.78, 5) is 0. The third-order valence-electron chi connectivity index (χ3n) is 2.32. The van der Waals surface area contributed by atoms with Crippen molar-refractivity contribution in [3.05, 3.63) is 99.2 Å². The molecule has 0 aromatic carbocycles. The van der Waals surface area contributed by atoms with Crippen molar-refractivity contribution in [2.24, 2.45) is 11.8 Å². The molecule has 0 aliphatic carbocycles. The van der Waals surface area contributed by atoms with Gasteiger partial charge in [-0.2, -0.15) is 0 Å². The Bertz CT molecular complexity index is 301. The smallest absolute Gasteiger partial charge is 0.00506 e. The van der Waals surface area contributed by atoms with Crippen LogP contribution in [-0.4, -0.2) is 0 Å². The van der Waals surface area contributed by atoms with E-state index in [0.29, 0.717) is 0 Å². The van der Waals surface area contributed by atoms with Crippen molar-refractivity contribution in [1.82, 2.24) is 0 Å². The lowest BCUT2D eigenvalue weighted by Gasteiger charge is -2.14. The van der Waals surface area contributed by atoms with Gasteiger partial charge in [0.25, 0.3) is 0 Å². The summed E-state index contributed by atoms with van der Waals surface area (Å²) >= 11 is 0. The fourth-order valence-electron chi connectivity index (χ4n) is 1.47. The topological polar surface area (TPSA) is 0 Å². The molecule has 0 bridgehead atoms. The number of rotatable bonds is 9. The monoisotopic (exact) mass is 238 g/mol. The van der Waals surface area contributed by atoms with Crippen LogP contribution >= 0.6 is 0 Å². The summed E-state index contributed by atoms with van der Waals surface area (Å²) in [6, 6.07) is 0. The fourth-order valence-corrected chi connectivity index (χ4v) is 1.47. The van der Waals surface area contributed by atoms with E-state index in [1.165, 1.54) is 0 Å². The zero-order chi connectivity index (χ0) is 13.6. The normalized spacial score (nSPS) is 12.3. The van der Waals surface area contributed by atoms with Crippen LogP contribution in [0.25, 0.3) is 0 Å². The third-order valence-corrected chi connectivity index (χ3v) is 2.32. The predicted octanol–water partition coefficient (Wildman–Crippen LogP) is 5.19. The van der Waals surface area contributed by atoms with Crippen molar-refractivity contribution in [3.63, 3.8) is 0 Å². The molecule has 0 radical (unpaired) electrons. The van der Waals surface area contributed by atoms with Gasteiger partial charge in [-0.25, -0.2) is 0 Å². The highest BCUT2D eigenvalue weighted by Crippen LogP contribution is 2.19. The largest absolute Gasteiger partial charge is 0.0991 e. The van der Waals surface area contributed by atoms with E-state index in [1.54, 1.807) is 24.3 Å². The lowest BCUT2D eigenvalue weighted by Crippen LogP contribution is -2.05. The molecule has 0 amide bonds. The zero-order valence-electron chi connectivity index (χ0n) is 10.9. The maximum Gasteiger partial charge on any atom is 0.00506 e. The maximum absolute atomic E-state index is 3.70. The molecule has 0 rings (SSSR count). The highest BCUT2D eigenvalue weighted by molar-refractivity contribution is 5.20. The van der Waals surface area contributed by atoms with Gasteiger partial charge in [-0.3, -0.25) is 0 Å². The van der Waals surface area contributed by atoms with E-state index >= 15 is 0 Å². The van der Waals surface area contributed by atoms with Gasteiger partial charge in [0.15, 0.2) is 0 Å². The van der Waals surface area contributed by atoms with Gasteiger partial charge in [-0.05, 0) is 0 Å². The first kappa shape index (κ1) is 15.9. The summed E-state index contributed by atoms with van der Waals surface area (Å²) in [6.07, 6.45) is 23.4. The number of hydrogen-bond acceptors (Lipinski definition) is 0. The molecule has 18 heavy (non-hydrogen) atoms. The molecular formula is C18H22. The molecule has 0 saturated carbocycles. The first-order valence-electron chi connectivity index (χ1n) is 5.97. The Morgan fingerprint density at radius 2 is 0.667 bits per heavy atom. The number of allylic oxidation sites excluding steroid dienone is 12. The van der Waals surface area contributed by atoms with E-state index in [-0.39, 0.29) is 11.8 Å². The van der Waals surface area contributed by atoms with Crippen LogP contribution in [0.5, 0.6) is 0 Å². The molecule has 0 N–H and O–H groups in total. The molecule has 0 atom stereocenters.